The number of methoxy groups -OCH3 is 1. The number of esters is 1. The molecule has 1 atom stereocenters. The van der Waals surface area contributed by atoms with Gasteiger partial charge < -0.3 is 4.74 Å². The van der Waals surface area contributed by atoms with E-state index in [9.17, 15) is 13.2 Å². The van der Waals surface area contributed by atoms with Crippen LogP contribution in [0.1, 0.15) is 25.3 Å². The van der Waals surface area contributed by atoms with E-state index in [-0.39, 0.29) is 23.3 Å². The summed E-state index contributed by atoms with van der Waals surface area (Å²) < 4.78 is 31.6. The van der Waals surface area contributed by atoms with Crippen LogP contribution >= 0.6 is 0 Å². The Hall–Kier alpha value is -1.40. The van der Waals surface area contributed by atoms with Gasteiger partial charge in [0.05, 0.1) is 18.4 Å². The fourth-order valence-electron chi connectivity index (χ4n) is 2.03. The molecule has 6 heteroatoms. The number of rotatable bonds is 6. The summed E-state index contributed by atoms with van der Waals surface area (Å²) in [4.78, 5) is 11.4. The van der Waals surface area contributed by atoms with Gasteiger partial charge in [-0.15, -0.1) is 0 Å². The number of hydrogen-bond donors (Lipinski definition) is 1. The van der Waals surface area contributed by atoms with Crippen molar-refractivity contribution in [2.24, 2.45) is 5.92 Å². The van der Waals surface area contributed by atoms with Crippen LogP contribution in [0.3, 0.4) is 0 Å². The normalized spacial score (nSPS) is 16.7. The summed E-state index contributed by atoms with van der Waals surface area (Å²) in [6.07, 6.45) is 2.31. The van der Waals surface area contributed by atoms with Crippen LogP contribution in [-0.2, 0) is 26.0 Å². The van der Waals surface area contributed by atoms with Crippen molar-refractivity contribution in [2.45, 2.75) is 37.1 Å². The lowest BCUT2D eigenvalue weighted by Crippen LogP contribution is -2.34. The Morgan fingerprint density at radius 1 is 1.35 bits per heavy atom. The van der Waals surface area contributed by atoms with Crippen molar-refractivity contribution in [2.75, 3.05) is 7.11 Å². The first kappa shape index (κ1) is 15.0. The zero-order valence-electron chi connectivity index (χ0n) is 11.6. The van der Waals surface area contributed by atoms with Crippen molar-refractivity contribution < 1.29 is 17.9 Å². The van der Waals surface area contributed by atoms with Crippen LogP contribution in [0.15, 0.2) is 29.2 Å². The molecule has 5 nitrogen and oxygen atoms in total. The van der Waals surface area contributed by atoms with Gasteiger partial charge in [-0.05, 0) is 43.4 Å². The molecule has 1 unspecified atom stereocenters. The van der Waals surface area contributed by atoms with Gasteiger partial charge in [0.1, 0.15) is 0 Å². The Labute approximate surface area is 119 Å². The topological polar surface area (TPSA) is 72.5 Å². The highest BCUT2D eigenvalue weighted by atomic mass is 32.2. The monoisotopic (exact) mass is 297 g/mol. The lowest BCUT2D eigenvalue weighted by atomic mass is 10.2. The summed E-state index contributed by atoms with van der Waals surface area (Å²) in [5.74, 6) is 0.115. The Morgan fingerprint density at radius 3 is 2.45 bits per heavy atom. The molecule has 0 heterocycles. The minimum atomic E-state index is -3.48. The Morgan fingerprint density at radius 2 is 1.95 bits per heavy atom. The van der Waals surface area contributed by atoms with Gasteiger partial charge in [-0.3, -0.25) is 4.79 Å². The first-order chi connectivity index (χ1) is 9.42. The minimum Gasteiger partial charge on any atom is -0.469 e. The van der Waals surface area contributed by atoms with Gasteiger partial charge >= 0.3 is 5.97 Å². The van der Waals surface area contributed by atoms with Crippen molar-refractivity contribution in [3.05, 3.63) is 29.8 Å². The molecule has 110 valence electrons. The van der Waals surface area contributed by atoms with Gasteiger partial charge in [0.25, 0.3) is 0 Å². The summed E-state index contributed by atoms with van der Waals surface area (Å²) in [5, 5.41) is 0. The highest BCUT2D eigenvalue weighted by Gasteiger charge is 2.31. The number of hydrogen-bond acceptors (Lipinski definition) is 4. The molecular formula is C14H19NO4S. The van der Waals surface area contributed by atoms with E-state index in [0.29, 0.717) is 5.92 Å². The largest absolute Gasteiger partial charge is 0.469 e. The van der Waals surface area contributed by atoms with Crippen LogP contribution < -0.4 is 4.72 Å². The molecule has 0 saturated heterocycles. The van der Waals surface area contributed by atoms with Gasteiger partial charge in [-0.2, -0.15) is 0 Å². The number of nitrogens with one attached hydrogen (secondary N) is 1. The third-order valence-electron chi connectivity index (χ3n) is 3.48. The van der Waals surface area contributed by atoms with E-state index in [2.05, 4.69) is 9.46 Å². The molecule has 1 saturated carbocycles. The van der Waals surface area contributed by atoms with E-state index in [0.717, 1.165) is 18.4 Å². The van der Waals surface area contributed by atoms with E-state index in [4.69, 9.17) is 0 Å². The zero-order valence-corrected chi connectivity index (χ0v) is 12.4. The van der Waals surface area contributed by atoms with Gasteiger partial charge in [0.2, 0.25) is 10.0 Å². The van der Waals surface area contributed by atoms with Gasteiger partial charge in [0.15, 0.2) is 0 Å². The molecule has 0 aromatic heterocycles. The fourth-order valence-corrected chi connectivity index (χ4v) is 3.34. The molecule has 2 rings (SSSR count). The van der Waals surface area contributed by atoms with Crippen LogP contribution in [-0.4, -0.2) is 27.5 Å². The fraction of sp³-hybridized carbons (Fsp3) is 0.500. The Kier molecular flexibility index (Phi) is 4.45. The van der Waals surface area contributed by atoms with Gasteiger partial charge in [-0.25, -0.2) is 13.1 Å². The third kappa shape index (κ3) is 3.80. The molecule has 1 aliphatic carbocycles. The van der Waals surface area contributed by atoms with Gasteiger partial charge in [0, 0.05) is 6.04 Å². The predicted molar refractivity (Wildman–Crippen MR) is 74.7 cm³/mol. The maximum atomic E-state index is 12.2. The first-order valence-corrected chi connectivity index (χ1v) is 8.09. The van der Waals surface area contributed by atoms with E-state index in [1.807, 2.05) is 6.92 Å². The van der Waals surface area contributed by atoms with Gasteiger partial charge in [-0.1, -0.05) is 12.1 Å². The predicted octanol–water partition coefficient (Wildman–Crippen LogP) is 1.48. The van der Waals surface area contributed by atoms with Crippen molar-refractivity contribution in [3.8, 4) is 0 Å². The molecule has 0 amide bonds. The molecule has 20 heavy (non-hydrogen) atoms. The quantitative estimate of drug-likeness (QED) is 0.807. The lowest BCUT2D eigenvalue weighted by molar-refractivity contribution is -0.139. The number of benzene rings is 1. The number of ether oxygens (including phenoxy) is 1. The molecule has 1 N–H and O–H groups in total. The average Bonchev–Trinajstić information content (AvgIpc) is 3.23. The highest BCUT2D eigenvalue weighted by Crippen LogP contribution is 2.33. The van der Waals surface area contributed by atoms with Crippen LogP contribution in [0.5, 0.6) is 0 Å². The third-order valence-corrected chi connectivity index (χ3v) is 5.05. The standard InChI is InChI=1S/C14H19NO4S/c1-10(12-5-6-12)15-20(17,18)13-7-3-11(4-8-13)9-14(16)19-2/h3-4,7-8,10,12,15H,5-6,9H2,1-2H3. The molecule has 0 aliphatic heterocycles. The summed E-state index contributed by atoms with van der Waals surface area (Å²) in [7, 11) is -2.16. The molecule has 1 aromatic rings. The Balaban J connectivity index is 2.06. The van der Waals surface area contributed by atoms with Crippen LogP contribution in [0.4, 0.5) is 0 Å². The first-order valence-electron chi connectivity index (χ1n) is 6.60. The molecule has 1 aromatic carbocycles. The summed E-state index contributed by atoms with van der Waals surface area (Å²) in [5.41, 5.74) is 0.728. The lowest BCUT2D eigenvalue weighted by Gasteiger charge is -2.13. The molecule has 0 spiro atoms. The second-order valence-electron chi connectivity index (χ2n) is 5.14. The summed E-state index contributed by atoms with van der Waals surface area (Å²) in [6, 6.07) is 6.26. The van der Waals surface area contributed by atoms with Crippen LogP contribution in [0.25, 0.3) is 0 Å². The van der Waals surface area contributed by atoms with Crippen molar-refractivity contribution in [3.63, 3.8) is 0 Å². The summed E-state index contributed by atoms with van der Waals surface area (Å²) in [6.45, 7) is 1.89. The van der Waals surface area contributed by atoms with E-state index in [1.54, 1.807) is 12.1 Å². The van der Waals surface area contributed by atoms with Crippen molar-refractivity contribution in [1.29, 1.82) is 0 Å². The molecule has 1 fully saturated rings. The minimum absolute atomic E-state index is 0.0326. The smallest absolute Gasteiger partial charge is 0.309 e. The maximum Gasteiger partial charge on any atom is 0.309 e. The van der Waals surface area contributed by atoms with E-state index < -0.39 is 10.0 Å². The average molecular weight is 297 g/mol. The molecule has 1 aliphatic rings. The van der Waals surface area contributed by atoms with Crippen molar-refractivity contribution >= 4 is 16.0 Å². The van der Waals surface area contributed by atoms with Crippen molar-refractivity contribution in [1.82, 2.24) is 4.72 Å². The summed E-state index contributed by atoms with van der Waals surface area (Å²) >= 11 is 0. The Bertz CT molecular complexity index is 576. The highest BCUT2D eigenvalue weighted by molar-refractivity contribution is 7.89. The van der Waals surface area contributed by atoms with Crippen LogP contribution in [0, 0.1) is 5.92 Å². The zero-order chi connectivity index (χ0) is 14.8. The number of sulfonamides is 1. The maximum absolute atomic E-state index is 12.2. The molecular weight excluding hydrogens is 278 g/mol. The molecule has 0 bridgehead atoms. The molecule has 0 radical (unpaired) electrons. The SMILES string of the molecule is COC(=O)Cc1ccc(S(=O)(=O)NC(C)C2CC2)cc1. The second-order valence-corrected chi connectivity index (χ2v) is 6.86. The van der Waals surface area contributed by atoms with Crippen LogP contribution in [0.2, 0.25) is 0 Å². The van der Waals surface area contributed by atoms with E-state index in [1.165, 1.54) is 19.2 Å². The number of carbonyl (C=O) groups is 1. The van der Waals surface area contributed by atoms with E-state index >= 15 is 0 Å². The number of carbonyl (C=O) groups excluding carboxylic acids is 1. The second kappa shape index (κ2) is 5.93.